The van der Waals surface area contributed by atoms with Gasteiger partial charge < -0.3 is 9.47 Å². The van der Waals surface area contributed by atoms with E-state index in [1.54, 1.807) is 0 Å². The molecular formula is C20H26ClN3O. The van der Waals surface area contributed by atoms with E-state index in [2.05, 4.69) is 31.9 Å². The van der Waals surface area contributed by atoms with Crippen LogP contribution in [0.1, 0.15) is 31.3 Å². The van der Waals surface area contributed by atoms with Crippen molar-refractivity contribution in [2.75, 3.05) is 26.2 Å². The monoisotopic (exact) mass is 359 g/mol. The first-order valence-electron chi connectivity index (χ1n) is 8.99. The molecule has 0 bridgehead atoms. The third kappa shape index (κ3) is 3.91. The molecule has 0 saturated carbocycles. The molecule has 1 aromatic heterocycles. The lowest BCUT2D eigenvalue weighted by Gasteiger charge is -2.37. The Balaban J connectivity index is 1.80. The van der Waals surface area contributed by atoms with E-state index in [1.807, 2.05) is 39.8 Å². The molecule has 1 aliphatic rings. The number of hydrogen-bond acceptors (Lipinski definition) is 2. The van der Waals surface area contributed by atoms with Gasteiger partial charge in [0, 0.05) is 55.5 Å². The summed E-state index contributed by atoms with van der Waals surface area (Å²) in [4.78, 5) is 17.4. The van der Waals surface area contributed by atoms with Gasteiger partial charge >= 0.3 is 0 Å². The number of rotatable bonds is 4. The van der Waals surface area contributed by atoms with Crippen LogP contribution in [-0.4, -0.2) is 52.5 Å². The maximum absolute atomic E-state index is 13.0. The summed E-state index contributed by atoms with van der Waals surface area (Å²) in [5.74, 6) is 0.130. The van der Waals surface area contributed by atoms with Gasteiger partial charge in [0.25, 0.3) is 5.91 Å². The summed E-state index contributed by atoms with van der Waals surface area (Å²) in [6, 6.07) is 10.3. The molecule has 2 aromatic rings. The van der Waals surface area contributed by atoms with E-state index in [0.29, 0.717) is 6.04 Å². The minimum absolute atomic E-state index is 0.130. The van der Waals surface area contributed by atoms with Gasteiger partial charge in [-0.05, 0) is 44.5 Å². The Morgan fingerprint density at radius 2 is 1.72 bits per heavy atom. The van der Waals surface area contributed by atoms with Crippen LogP contribution in [0.5, 0.6) is 0 Å². The molecular weight excluding hydrogens is 334 g/mol. The molecule has 0 unspecified atom stereocenters. The van der Waals surface area contributed by atoms with Crippen LogP contribution in [0.4, 0.5) is 0 Å². The first kappa shape index (κ1) is 18.0. The van der Waals surface area contributed by atoms with Gasteiger partial charge in [-0.15, -0.1) is 0 Å². The smallest absolute Gasteiger partial charge is 0.270 e. The summed E-state index contributed by atoms with van der Waals surface area (Å²) >= 11 is 5.98. The number of hydrogen-bond donors (Lipinski definition) is 0. The molecule has 0 aliphatic carbocycles. The van der Waals surface area contributed by atoms with Crippen LogP contribution in [0.15, 0.2) is 36.5 Å². The zero-order valence-electron chi connectivity index (χ0n) is 15.2. The number of halogens is 1. The average molecular weight is 360 g/mol. The second kappa shape index (κ2) is 7.63. The Morgan fingerprint density at radius 1 is 1.08 bits per heavy atom. The van der Waals surface area contributed by atoms with E-state index >= 15 is 0 Å². The number of amides is 1. The minimum Gasteiger partial charge on any atom is -0.343 e. The minimum atomic E-state index is 0.130. The van der Waals surface area contributed by atoms with Crippen molar-refractivity contribution in [2.24, 2.45) is 0 Å². The van der Waals surface area contributed by atoms with Crippen molar-refractivity contribution < 1.29 is 4.79 Å². The maximum atomic E-state index is 13.0. The van der Waals surface area contributed by atoms with Crippen LogP contribution in [0, 0.1) is 0 Å². The summed E-state index contributed by atoms with van der Waals surface area (Å²) in [5.41, 5.74) is 2.91. The van der Waals surface area contributed by atoms with E-state index in [9.17, 15) is 4.79 Å². The number of carbonyl (C=O) groups is 1. The van der Waals surface area contributed by atoms with Crippen molar-refractivity contribution in [3.8, 4) is 11.1 Å². The molecule has 0 N–H and O–H groups in total. The molecule has 1 aromatic carbocycles. The molecule has 4 nitrogen and oxygen atoms in total. The third-order valence-corrected chi connectivity index (χ3v) is 5.22. The Labute approximate surface area is 155 Å². The number of benzene rings is 1. The number of piperazine rings is 1. The van der Waals surface area contributed by atoms with Gasteiger partial charge in [-0.25, -0.2) is 0 Å². The highest BCUT2D eigenvalue weighted by molar-refractivity contribution is 6.30. The molecule has 0 atom stereocenters. The summed E-state index contributed by atoms with van der Waals surface area (Å²) in [5, 5.41) is 0.720. The lowest BCUT2D eigenvalue weighted by Crippen LogP contribution is -2.51. The topological polar surface area (TPSA) is 28.5 Å². The van der Waals surface area contributed by atoms with Gasteiger partial charge in [-0.1, -0.05) is 23.7 Å². The first-order chi connectivity index (χ1) is 12.0. The fourth-order valence-corrected chi connectivity index (χ4v) is 3.48. The highest BCUT2D eigenvalue weighted by atomic mass is 35.5. The summed E-state index contributed by atoms with van der Waals surface area (Å²) in [6.07, 6.45) is 2.06. The Hall–Kier alpha value is -1.78. The molecule has 1 saturated heterocycles. The summed E-state index contributed by atoms with van der Waals surface area (Å²) in [6.45, 7) is 10.7. The van der Waals surface area contributed by atoms with Gasteiger partial charge in [0.05, 0.1) is 0 Å². The SMILES string of the molecule is CCn1cc(-c2ccc(Cl)cc2)cc1C(=O)N1CCN(C(C)C)CC1. The van der Waals surface area contributed by atoms with Crippen molar-refractivity contribution >= 4 is 17.5 Å². The highest BCUT2D eigenvalue weighted by Gasteiger charge is 2.25. The summed E-state index contributed by atoms with van der Waals surface area (Å²) < 4.78 is 2.04. The van der Waals surface area contributed by atoms with Gasteiger partial charge in [-0.3, -0.25) is 9.69 Å². The number of nitrogens with zero attached hydrogens (tertiary/aromatic N) is 3. The predicted molar refractivity (Wildman–Crippen MR) is 103 cm³/mol. The molecule has 2 heterocycles. The highest BCUT2D eigenvalue weighted by Crippen LogP contribution is 2.25. The molecule has 1 aliphatic heterocycles. The Bertz CT molecular complexity index is 728. The summed E-state index contributed by atoms with van der Waals surface area (Å²) in [7, 11) is 0. The number of aryl methyl sites for hydroxylation is 1. The molecule has 0 radical (unpaired) electrons. The fourth-order valence-electron chi connectivity index (χ4n) is 3.35. The van der Waals surface area contributed by atoms with Crippen molar-refractivity contribution in [1.29, 1.82) is 0 Å². The first-order valence-corrected chi connectivity index (χ1v) is 9.37. The van der Waals surface area contributed by atoms with E-state index < -0.39 is 0 Å². The van der Waals surface area contributed by atoms with Crippen molar-refractivity contribution in [3.05, 3.63) is 47.2 Å². The molecule has 3 rings (SSSR count). The Morgan fingerprint density at radius 3 is 2.28 bits per heavy atom. The van der Waals surface area contributed by atoms with E-state index in [-0.39, 0.29) is 5.91 Å². The molecule has 1 amide bonds. The second-order valence-corrected chi connectivity index (χ2v) is 7.27. The van der Waals surface area contributed by atoms with Crippen molar-refractivity contribution in [3.63, 3.8) is 0 Å². The zero-order valence-corrected chi connectivity index (χ0v) is 16.0. The zero-order chi connectivity index (χ0) is 18.0. The molecule has 134 valence electrons. The van der Waals surface area contributed by atoms with Crippen LogP contribution in [0.25, 0.3) is 11.1 Å². The van der Waals surface area contributed by atoms with Crippen LogP contribution in [0.3, 0.4) is 0 Å². The van der Waals surface area contributed by atoms with Crippen LogP contribution < -0.4 is 0 Å². The number of carbonyl (C=O) groups excluding carboxylic acids is 1. The lowest BCUT2D eigenvalue weighted by atomic mass is 10.1. The van der Waals surface area contributed by atoms with Crippen molar-refractivity contribution in [1.82, 2.24) is 14.4 Å². The standard InChI is InChI=1S/C20H26ClN3O/c1-4-22-14-17(16-5-7-18(21)8-6-16)13-19(22)20(25)24-11-9-23(10-12-24)15(2)3/h5-8,13-15H,4,9-12H2,1-3H3. The molecule has 5 heteroatoms. The number of aromatic nitrogens is 1. The molecule has 1 fully saturated rings. The third-order valence-electron chi connectivity index (χ3n) is 4.97. The molecule has 25 heavy (non-hydrogen) atoms. The predicted octanol–water partition coefficient (Wildman–Crippen LogP) is 3.99. The Kier molecular flexibility index (Phi) is 5.50. The second-order valence-electron chi connectivity index (χ2n) is 6.83. The lowest BCUT2D eigenvalue weighted by molar-refractivity contribution is 0.0585. The van der Waals surface area contributed by atoms with Crippen LogP contribution in [0.2, 0.25) is 5.02 Å². The van der Waals surface area contributed by atoms with Crippen molar-refractivity contribution in [2.45, 2.75) is 33.4 Å². The largest absolute Gasteiger partial charge is 0.343 e. The van der Waals surface area contributed by atoms with Gasteiger partial charge in [0.15, 0.2) is 0 Å². The van der Waals surface area contributed by atoms with E-state index in [1.165, 1.54) is 0 Å². The van der Waals surface area contributed by atoms with Crippen LogP contribution in [-0.2, 0) is 6.54 Å². The van der Waals surface area contributed by atoms with Gasteiger partial charge in [0.1, 0.15) is 5.69 Å². The normalized spacial score (nSPS) is 15.8. The van der Waals surface area contributed by atoms with E-state index in [0.717, 1.165) is 54.6 Å². The van der Waals surface area contributed by atoms with Crippen LogP contribution >= 0.6 is 11.6 Å². The quantitative estimate of drug-likeness (QED) is 0.825. The maximum Gasteiger partial charge on any atom is 0.270 e. The average Bonchev–Trinajstić information content (AvgIpc) is 3.06. The molecule has 0 spiro atoms. The van der Waals surface area contributed by atoms with E-state index in [4.69, 9.17) is 11.6 Å². The fraction of sp³-hybridized carbons (Fsp3) is 0.450. The van der Waals surface area contributed by atoms with Gasteiger partial charge in [0.2, 0.25) is 0 Å². The van der Waals surface area contributed by atoms with Gasteiger partial charge in [-0.2, -0.15) is 0 Å².